The number of aromatic nitrogens is 4. The van der Waals surface area contributed by atoms with Gasteiger partial charge in [0, 0.05) is 0 Å². The molecule has 13 heteroatoms. The van der Waals surface area contributed by atoms with E-state index in [1.165, 1.54) is 20.3 Å². The molecule has 0 spiro atoms. The molecule has 3 atom stereocenters. The standard InChI is InChI=1S/C16H28BN6O5P/c1-10-7-26-29(17,25)27-8-11(24)15(28-10)23-14-12(13(18)19-9-20-14)21-16(23)22-5-3-2-4-6-22/h9-11,15,24-25,29H,2-8,17H2,1H3,(H2,18,19,20)/t10-,11-,15+/m0/s1. The van der Waals surface area contributed by atoms with Gasteiger partial charge in [-0.15, -0.1) is 0 Å². The first-order valence-corrected chi connectivity index (χ1v) is 12.2. The Morgan fingerprint density at radius 3 is 2.69 bits per heavy atom. The fourth-order valence-electron chi connectivity index (χ4n) is 3.70. The van der Waals surface area contributed by atoms with Crippen molar-refractivity contribution in [2.45, 2.75) is 44.6 Å². The van der Waals surface area contributed by atoms with Crippen LogP contribution >= 0.6 is 7.82 Å². The average Bonchev–Trinajstić information content (AvgIpc) is 3.11. The Hall–Kier alpha value is -1.56. The van der Waals surface area contributed by atoms with Crippen molar-refractivity contribution in [3.8, 4) is 0 Å². The van der Waals surface area contributed by atoms with Gasteiger partial charge in [0.05, 0.1) is 0 Å². The third-order valence-electron chi connectivity index (χ3n) is 5.19. The topological polar surface area (TPSA) is 141 Å². The molecule has 2 saturated heterocycles. The summed E-state index contributed by atoms with van der Waals surface area (Å²) in [4.78, 5) is 25.6. The van der Waals surface area contributed by atoms with Gasteiger partial charge < -0.3 is 0 Å². The second-order valence-electron chi connectivity index (χ2n) is 7.69. The SMILES string of the molecule is B[PH]1(O)OC[C@H](C)O[C@@H](n2c(N3CCCCC3)nc3c(N)ncnc32)[C@@H](O)CO1. The zero-order valence-corrected chi connectivity index (χ0v) is 17.7. The molecule has 4 rings (SSSR count). The zero-order valence-electron chi connectivity index (χ0n) is 16.7. The first kappa shape index (κ1) is 20.7. The summed E-state index contributed by atoms with van der Waals surface area (Å²) in [6, 6.07) is 0. The second kappa shape index (κ2) is 8.29. The molecule has 0 radical (unpaired) electrons. The van der Waals surface area contributed by atoms with Gasteiger partial charge in [0.25, 0.3) is 0 Å². The number of hydrogen-bond acceptors (Lipinski definition) is 10. The molecular formula is C16H28BN6O5P. The number of ether oxygens (including phenoxy) is 1. The Balaban J connectivity index is 1.80. The Kier molecular flexibility index (Phi) is 5.92. The normalized spacial score (nSPS) is 29.8. The molecule has 0 bridgehead atoms. The monoisotopic (exact) mass is 426 g/mol. The summed E-state index contributed by atoms with van der Waals surface area (Å²) in [5, 5.41) is 10.9. The molecule has 0 aromatic carbocycles. The van der Waals surface area contributed by atoms with Gasteiger partial charge in [-0.05, 0) is 0 Å². The first-order chi connectivity index (χ1) is 13.9. The van der Waals surface area contributed by atoms with Crippen LogP contribution in [0.2, 0.25) is 0 Å². The third kappa shape index (κ3) is 4.33. The van der Waals surface area contributed by atoms with Crippen LogP contribution in [0.15, 0.2) is 6.33 Å². The summed E-state index contributed by atoms with van der Waals surface area (Å²) >= 11 is 0. The molecular weight excluding hydrogens is 398 g/mol. The van der Waals surface area contributed by atoms with Crippen LogP contribution in [0.25, 0.3) is 11.2 Å². The minimum atomic E-state index is -3.33. The molecule has 0 aliphatic carbocycles. The number of piperidine rings is 1. The Bertz CT molecular complexity index is 864. The van der Waals surface area contributed by atoms with Crippen molar-refractivity contribution in [3.63, 3.8) is 0 Å². The van der Waals surface area contributed by atoms with Gasteiger partial charge in [0.15, 0.2) is 0 Å². The van der Waals surface area contributed by atoms with E-state index in [0.29, 0.717) is 17.1 Å². The van der Waals surface area contributed by atoms with Crippen molar-refractivity contribution in [3.05, 3.63) is 6.33 Å². The van der Waals surface area contributed by atoms with E-state index in [4.69, 9.17) is 24.5 Å². The molecule has 11 nitrogen and oxygen atoms in total. The van der Waals surface area contributed by atoms with Gasteiger partial charge in [-0.3, -0.25) is 0 Å². The number of rotatable bonds is 2. The number of nitrogens with two attached hydrogens (primary N) is 1. The number of aliphatic hydroxyl groups is 1. The van der Waals surface area contributed by atoms with E-state index in [1.54, 1.807) is 4.57 Å². The number of nitrogens with zero attached hydrogens (tertiary/aromatic N) is 5. The van der Waals surface area contributed by atoms with E-state index in [9.17, 15) is 10.00 Å². The Labute approximate surface area is 170 Å². The Morgan fingerprint density at radius 2 is 1.93 bits per heavy atom. The van der Waals surface area contributed by atoms with Crippen LogP contribution in [0.1, 0.15) is 32.4 Å². The van der Waals surface area contributed by atoms with Crippen molar-refractivity contribution in [2.24, 2.45) is 0 Å². The number of fused-ring (bicyclic) bond motifs is 1. The molecule has 160 valence electrons. The predicted molar refractivity (Wildman–Crippen MR) is 112 cm³/mol. The summed E-state index contributed by atoms with van der Waals surface area (Å²) in [5.74, 6) is 0.903. The molecule has 2 aromatic rings. The van der Waals surface area contributed by atoms with Crippen LogP contribution in [0.5, 0.6) is 0 Å². The van der Waals surface area contributed by atoms with E-state index < -0.39 is 26.3 Å². The van der Waals surface area contributed by atoms with E-state index >= 15 is 0 Å². The maximum absolute atomic E-state index is 10.9. The van der Waals surface area contributed by atoms with Gasteiger partial charge in [0.2, 0.25) is 0 Å². The number of imidazole rings is 1. The van der Waals surface area contributed by atoms with Crippen LogP contribution in [0.4, 0.5) is 11.8 Å². The molecule has 2 aromatic heterocycles. The molecule has 29 heavy (non-hydrogen) atoms. The Morgan fingerprint density at radius 1 is 1.21 bits per heavy atom. The second-order valence-corrected chi connectivity index (χ2v) is 10.1. The van der Waals surface area contributed by atoms with Crippen molar-refractivity contribution < 1.29 is 23.8 Å². The molecule has 2 fully saturated rings. The maximum atomic E-state index is 10.9. The van der Waals surface area contributed by atoms with E-state index in [-0.39, 0.29) is 19.0 Å². The van der Waals surface area contributed by atoms with Crippen LogP contribution in [-0.4, -0.2) is 75.6 Å². The number of aliphatic hydroxyl groups excluding tert-OH is 1. The van der Waals surface area contributed by atoms with Crippen molar-refractivity contribution in [2.75, 3.05) is 36.9 Å². The fraction of sp³-hybridized carbons (Fsp3) is 0.688. The van der Waals surface area contributed by atoms with Crippen LogP contribution in [0, 0.1) is 0 Å². The number of nitrogen functional groups attached to an aromatic ring is 1. The molecule has 4 N–H and O–H groups in total. The number of hydrogen-bond donors (Lipinski definition) is 3. The average molecular weight is 426 g/mol. The van der Waals surface area contributed by atoms with Gasteiger partial charge in [-0.1, -0.05) is 0 Å². The van der Waals surface area contributed by atoms with Crippen LogP contribution < -0.4 is 10.6 Å². The predicted octanol–water partition coefficient (Wildman–Crippen LogP) is -0.254. The zero-order chi connectivity index (χ0) is 20.6. The van der Waals surface area contributed by atoms with Crippen molar-refractivity contribution in [1.29, 1.82) is 0 Å². The third-order valence-corrected chi connectivity index (χ3v) is 6.59. The van der Waals surface area contributed by atoms with E-state index in [1.807, 2.05) is 6.92 Å². The summed E-state index contributed by atoms with van der Waals surface area (Å²) in [6.07, 6.45) is 2.34. The summed E-state index contributed by atoms with van der Waals surface area (Å²) in [5.41, 5.74) is 7.01. The fourth-order valence-corrected chi connectivity index (χ4v) is 4.81. The molecule has 0 amide bonds. The van der Waals surface area contributed by atoms with E-state index in [2.05, 4.69) is 14.9 Å². The summed E-state index contributed by atoms with van der Waals surface area (Å²) < 4.78 is 18.9. The summed E-state index contributed by atoms with van der Waals surface area (Å²) in [6.45, 7) is 3.51. The van der Waals surface area contributed by atoms with Gasteiger partial charge in [-0.2, -0.15) is 0 Å². The van der Waals surface area contributed by atoms with Gasteiger partial charge in [0.1, 0.15) is 0 Å². The molecule has 0 saturated carbocycles. The van der Waals surface area contributed by atoms with Crippen molar-refractivity contribution in [1.82, 2.24) is 19.5 Å². The molecule has 2 aliphatic rings. The summed E-state index contributed by atoms with van der Waals surface area (Å²) in [7, 11) is -1.81. The molecule has 4 heterocycles. The quantitative estimate of drug-likeness (QED) is 0.435. The minimum absolute atomic E-state index is 0.143. The van der Waals surface area contributed by atoms with Crippen molar-refractivity contribution >= 4 is 38.3 Å². The van der Waals surface area contributed by atoms with Gasteiger partial charge >= 0.3 is 170 Å². The molecule has 2 aliphatic heterocycles. The van der Waals surface area contributed by atoms with Crippen LogP contribution in [-0.2, 0) is 13.8 Å². The van der Waals surface area contributed by atoms with E-state index in [0.717, 1.165) is 25.9 Å². The number of anilines is 2. The molecule has 0 unspecified atom stereocenters. The van der Waals surface area contributed by atoms with Gasteiger partial charge in [-0.25, -0.2) is 0 Å². The first-order valence-electron chi connectivity index (χ1n) is 9.93. The van der Waals surface area contributed by atoms with Crippen LogP contribution in [0.3, 0.4) is 0 Å².